The molecular formula is C15H22N2O3S. The summed E-state index contributed by atoms with van der Waals surface area (Å²) in [6.07, 6.45) is 1.35. The number of amides is 1. The predicted molar refractivity (Wildman–Crippen MR) is 84.2 cm³/mol. The average Bonchev–Trinajstić information content (AvgIpc) is 2.36. The highest BCUT2D eigenvalue weighted by Gasteiger charge is 2.25. The van der Waals surface area contributed by atoms with Gasteiger partial charge in [-0.05, 0) is 37.8 Å². The maximum absolute atomic E-state index is 11.9. The van der Waals surface area contributed by atoms with Crippen LogP contribution in [0.5, 0.6) is 0 Å². The van der Waals surface area contributed by atoms with Crippen LogP contribution in [0.2, 0.25) is 0 Å². The molecular weight excluding hydrogens is 288 g/mol. The molecule has 1 aromatic carbocycles. The monoisotopic (exact) mass is 310 g/mol. The zero-order valence-corrected chi connectivity index (χ0v) is 13.3. The third-order valence-electron chi connectivity index (χ3n) is 3.74. The summed E-state index contributed by atoms with van der Waals surface area (Å²) in [5, 5.41) is 5.93. The fourth-order valence-corrected chi connectivity index (χ4v) is 4.31. The molecule has 0 radical (unpaired) electrons. The van der Waals surface area contributed by atoms with Crippen molar-refractivity contribution >= 4 is 21.4 Å². The largest absolute Gasteiger partial charge is 0.376 e. The molecule has 21 heavy (non-hydrogen) atoms. The standard InChI is InChI=1S/C15H22N2O3S/c1-11-5-3-6-12(2)15(11)16-9-14(18)17-13-7-4-8-21(19,20)10-13/h3,5-6,13,16H,4,7-10H2,1-2H3,(H,17,18)/t13-/m0/s1. The summed E-state index contributed by atoms with van der Waals surface area (Å²) in [5.74, 6) is 0.127. The van der Waals surface area contributed by atoms with Crippen molar-refractivity contribution in [3.63, 3.8) is 0 Å². The van der Waals surface area contributed by atoms with E-state index in [1.165, 1.54) is 0 Å². The average molecular weight is 310 g/mol. The van der Waals surface area contributed by atoms with Gasteiger partial charge in [-0.2, -0.15) is 0 Å². The second-order valence-electron chi connectivity index (χ2n) is 5.64. The molecule has 0 spiro atoms. The molecule has 0 unspecified atom stereocenters. The van der Waals surface area contributed by atoms with E-state index in [0.29, 0.717) is 6.42 Å². The summed E-state index contributed by atoms with van der Waals surface area (Å²) < 4.78 is 23.1. The number of anilines is 1. The quantitative estimate of drug-likeness (QED) is 0.882. The van der Waals surface area contributed by atoms with E-state index in [1.54, 1.807) is 0 Å². The van der Waals surface area contributed by atoms with E-state index in [0.717, 1.165) is 23.2 Å². The van der Waals surface area contributed by atoms with Gasteiger partial charge in [0.1, 0.15) is 0 Å². The molecule has 1 amide bonds. The van der Waals surface area contributed by atoms with Crippen LogP contribution in [-0.2, 0) is 14.6 Å². The first-order chi connectivity index (χ1) is 9.87. The molecule has 1 atom stereocenters. The van der Waals surface area contributed by atoms with Crippen LogP contribution in [0.25, 0.3) is 0 Å². The molecule has 1 aromatic rings. The summed E-state index contributed by atoms with van der Waals surface area (Å²) >= 11 is 0. The lowest BCUT2D eigenvalue weighted by Gasteiger charge is -2.23. The molecule has 2 N–H and O–H groups in total. The molecule has 2 rings (SSSR count). The minimum absolute atomic E-state index is 0.0577. The number of hydrogen-bond donors (Lipinski definition) is 2. The van der Waals surface area contributed by atoms with E-state index in [9.17, 15) is 13.2 Å². The van der Waals surface area contributed by atoms with E-state index in [2.05, 4.69) is 10.6 Å². The lowest BCUT2D eigenvalue weighted by Crippen LogP contribution is -2.45. The number of aryl methyl sites for hydroxylation is 2. The molecule has 1 heterocycles. The topological polar surface area (TPSA) is 75.3 Å². The Kier molecular flexibility index (Phi) is 4.88. The molecule has 1 saturated heterocycles. The third-order valence-corrected chi connectivity index (χ3v) is 5.56. The van der Waals surface area contributed by atoms with Crippen molar-refractivity contribution in [2.45, 2.75) is 32.7 Å². The van der Waals surface area contributed by atoms with E-state index in [-0.39, 0.29) is 30.0 Å². The normalized spacial score (nSPS) is 20.8. The molecule has 1 fully saturated rings. The Morgan fingerprint density at radius 2 is 1.95 bits per heavy atom. The van der Waals surface area contributed by atoms with Gasteiger partial charge in [-0.3, -0.25) is 4.79 Å². The van der Waals surface area contributed by atoms with E-state index < -0.39 is 9.84 Å². The maximum Gasteiger partial charge on any atom is 0.239 e. The molecule has 6 heteroatoms. The highest BCUT2D eigenvalue weighted by molar-refractivity contribution is 7.91. The number of para-hydroxylation sites is 1. The van der Waals surface area contributed by atoms with Crippen molar-refractivity contribution in [2.75, 3.05) is 23.4 Å². The molecule has 1 aliphatic rings. The first-order valence-electron chi connectivity index (χ1n) is 7.17. The Bertz CT molecular complexity index is 606. The number of carbonyl (C=O) groups excluding carboxylic acids is 1. The lowest BCUT2D eigenvalue weighted by molar-refractivity contribution is -0.120. The summed E-state index contributed by atoms with van der Waals surface area (Å²) in [5.41, 5.74) is 3.13. The number of hydrogen-bond acceptors (Lipinski definition) is 4. The van der Waals surface area contributed by atoms with Gasteiger partial charge in [-0.1, -0.05) is 18.2 Å². The predicted octanol–water partition coefficient (Wildman–Crippen LogP) is 1.41. The van der Waals surface area contributed by atoms with Crippen molar-refractivity contribution in [3.8, 4) is 0 Å². The molecule has 0 aliphatic carbocycles. The lowest BCUT2D eigenvalue weighted by atomic mass is 10.1. The summed E-state index contributed by atoms with van der Waals surface area (Å²) in [6.45, 7) is 4.13. The van der Waals surface area contributed by atoms with Gasteiger partial charge in [0.15, 0.2) is 9.84 Å². The Labute approximate surface area is 126 Å². The van der Waals surface area contributed by atoms with Crippen molar-refractivity contribution < 1.29 is 13.2 Å². The van der Waals surface area contributed by atoms with Crippen LogP contribution in [0.4, 0.5) is 5.69 Å². The van der Waals surface area contributed by atoms with E-state index in [4.69, 9.17) is 0 Å². The molecule has 0 aromatic heterocycles. The summed E-state index contributed by atoms with van der Waals surface area (Å²) in [4.78, 5) is 11.9. The smallest absolute Gasteiger partial charge is 0.239 e. The highest BCUT2D eigenvalue weighted by Crippen LogP contribution is 2.19. The van der Waals surface area contributed by atoms with Gasteiger partial charge in [0, 0.05) is 11.7 Å². The SMILES string of the molecule is Cc1cccc(C)c1NCC(=O)N[C@H]1CCCS(=O)(=O)C1. The number of nitrogens with one attached hydrogen (secondary N) is 2. The van der Waals surface area contributed by atoms with Crippen LogP contribution in [-0.4, -0.2) is 38.4 Å². The molecule has 1 aliphatic heterocycles. The van der Waals surface area contributed by atoms with Gasteiger partial charge < -0.3 is 10.6 Å². The van der Waals surface area contributed by atoms with Crippen LogP contribution in [0.1, 0.15) is 24.0 Å². The number of carbonyl (C=O) groups is 1. The number of rotatable bonds is 4. The first kappa shape index (κ1) is 15.8. The van der Waals surface area contributed by atoms with Crippen LogP contribution in [0.3, 0.4) is 0 Å². The zero-order valence-electron chi connectivity index (χ0n) is 12.5. The summed E-state index contributed by atoms with van der Waals surface area (Å²) in [7, 11) is -2.99. The Balaban J connectivity index is 1.88. The van der Waals surface area contributed by atoms with Crippen molar-refractivity contribution in [3.05, 3.63) is 29.3 Å². The summed E-state index contributed by atoms with van der Waals surface area (Å²) in [6, 6.07) is 5.70. The fraction of sp³-hybridized carbons (Fsp3) is 0.533. The highest BCUT2D eigenvalue weighted by atomic mass is 32.2. The van der Waals surface area contributed by atoms with Gasteiger partial charge in [-0.15, -0.1) is 0 Å². The maximum atomic E-state index is 11.9. The number of sulfone groups is 1. The van der Waals surface area contributed by atoms with Crippen molar-refractivity contribution in [2.24, 2.45) is 0 Å². The van der Waals surface area contributed by atoms with Crippen LogP contribution < -0.4 is 10.6 Å². The van der Waals surface area contributed by atoms with Gasteiger partial charge in [0.25, 0.3) is 0 Å². The second kappa shape index (κ2) is 6.47. The Morgan fingerprint density at radius 1 is 1.29 bits per heavy atom. The van der Waals surface area contributed by atoms with Gasteiger partial charge >= 0.3 is 0 Å². The minimum Gasteiger partial charge on any atom is -0.376 e. The fourth-order valence-electron chi connectivity index (χ4n) is 2.68. The van der Waals surface area contributed by atoms with E-state index >= 15 is 0 Å². The second-order valence-corrected chi connectivity index (χ2v) is 7.87. The number of benzene rings is 1. The van der Waals surface area contributed by atoms with Crippen LogP contribution in [0.15, 0.2) is 18.2 Å². The molecule has 116 valence electrons. The van der Waals surface area contributed by atoms with Gasteiger partial charge in [0.2, 0.25) is 5.91 Å². The first-order valence-corrected chi connectivity index (χ1v) is 8.99. The Morgan fingerprint density at radius 3 is 2.57 bits per heavy atom. The van der Waals surface area contributed by atoms with Crippen molar-refractivity contribution in [1.29, 1.82) is 0 Å². The van der Waals surface area contributed by atoms with Crippen molar-refractivity contribution in [1.82, 2.24) is 5.32 Å². The van der Waals surface area contributed by atoms with E-state index in [1.807, 2.05) is 32.0 Å². The minimum atomic E-state index is -2.99. The molecule has 0 bridgehead atoms. The van der Waals surface area contributed by atoms with Gasteiger partial charge in [-0.25, -0.2) is 8.42 Å². The molecule has 0 saturated carbocycles. The van der Waals surface area contributed by atoms with Crippen LogP contribution in [0, 0.1) is 13.8 Å². The third kappa shape index (κ3) is 4.46. The zero-order chi connectivity index (χ0) is 15.5. The van der Waals surface area contributed by atoms with Gasteiger partial charge in [0.05, 0.1) is 18.1 Å². The van der Waals surface area contributed by atoms with Crippen LogP contribution >= 0.6 is 0 Å². The molecule has 5 nitrogen and oxygen atoms in total. The Hall–Kier alpha value is -1.56.